The minimum Gasteiger partial charge on any atom is -0.338 e. The molecule has 3 nitrogen and oxygen atoms in total. The first kappa shape index (κ1) is 14.7. The van der Waals surface area contributed by atoms with Gasteiger partial charge in [-0.25, -0.2) is 4.79 Å². The Hall–Kier alpha value is -0.380. The molecule has 0 aromatic carbocycles. The monoisotopic (exact) mass is 258 g/mol. The minimum atomic E-state index is 0.141. The van der Waals surface area contributed by atoms with E-state index in [1.54, 1.807) is 0 Å². The normalized spacial score (nSPS) is 17.2. The van der Waals surface area contributed by atoms with Crippen molar-refractivity contribution < 1.29 is 4.79 Å². The summed E-state index contributed by atoms with van der Waals surface area (Å²) in [7, 11) is 0. The number of hydrogen-bond acceptors (Lipinski definition) is 2. The lowest BCUT2D eigenvalue weighted by Gasteiger charge is -2.30. The van der Waals surface area contributed by atoms with Crippen LogP contribution in [0.5, 0.6) is 0 Å². The van der Waals surface area contributed by atoms with Crippen LogP contribution in [0, 0.1) is 5.92 Å². The molecule has 0 saturated carbocycles. The smallest absolute Gasteiger partial charge is 0.317 e. The van der Waals surface area contributed by atoms with Crippen LogP contribution in [0.3, 0.4) is 0 Å². The van der Waals surface area contributed by atoms with Crippen molar-refractivity contribution in [1.82, 2.24) is 10.2 Å². The van der Waals surface area contributed by atoms with Gasteiger partial charge in [-0.1, -0.05) is 13.3 Å². The van der Waals surface area contributed by atoms with Gasteiger partial charge in [0.2, 0.25) is 0 Å². The summed E-state index contributed by atoms with van der Waals surface area (Å²) in [5.41, 5.74) is 0. The molecule has 1 N–H and O–H groups in total. The highest BCUT2D eigenvalue weighted by atomic mass is 32.2. The van der Waals surface area contributed by atoms with Crippen molar-refractivity contribution in [3.8, 4) is 0 Å². The molecule has 1 fully saturated rings. The Morgan fingerprint density at radius 3 is 2.65 bits per heavy atom. The van der Waals surface area contributed by atoms with Gasteiger partial charge in [-0.05, 0) is 43.6 Å². The molecular weight excluding hydrogens is 232 g/mol. The van der Waals surface area contributed by atoms with Crippen molar-refractivity contribution in [2.45, 2.75) is 39.0 Å². The number of thioether (sulfide) groups is 1. The van der Waals surface area contributed by atoms with E-state index in [1.165, 1.54) is 18.6 Å². The predicted octanol–water partition coefficient (Wildman–Crippen LogP) is 2.96. The number of likely N-dealkylation sites (tertiary alicyclic amines) is 1. The van der Waals surface area contributed by atoms with E-state index in [-0.39, 0.29) is 6.03 Å². The number of carbonyl (C=O) groups is 1. The number of nitrogens with one attached hydrogen (secondary N) is 1. The highest BCUT2D eigenvalue weighted by molar-refractivity contribution is 7.98. The van der Waals surface area contributed by atoms with Crippen LogP contribution < -0.4 is 5.32 Å². The minimum absolute atomic E-state index is 0.141. The highest BCUT2D eigenvalue weighted by Crippen LogP contribution is 2.15. The molecule has 0 spiro atoms. The molecule has 0 aromatic heterocycles. The molecule has 0 bridgehead atoms. The molecule has 2 amide bonds. The number of hydrogen-bond donors (Lipinski definition) is 1. The Morgan fingerprint density at radius 1 is 1.29 bits per heavy atom. The fourth-order valence-electron chi connectivity index (χ4n) is 2.07. The Kier molecular flexibility index (Phi) is 7.49. The van der Waals surface area contributed by atoms with Crippen LogP contribution in [-0.2, 0) is 0 Å². The van der Waals surface area contributed by atoms with Gasteiger partial charge >= 0.3 is 6.03 Å². The number of nitrogens with zero attached hydrogens (tertiary/aromatic N) is 1. The summed E-state index contributed by atoms with van der Waals surface area (Å²) in [4.78, 5) is 13.8. The Balaban J connectivity index is 2.01. The van der Waals surface area contributed by atoms with Crippen LogP contribution in [0.4, 0.5) is 4.79 Å². The summed E-state index contributed by atoms with van der Waals surface area (Å²) in [5, 5.41) is 3.02. The number of urea groups is 1. The molecule has 0 unspecified atom stereocenters. The van der Waals surface area contributed by atoms with Crippen LogP contribution in [0.15, 0.2) is 0 Å². The highest BCUT2D eigenvalue weighted by Gasteiger charge is 2.19. The molecule has 0 aliphatic carbocycles. The second kappa shape index (κ2) is 8.67. The van der Waals surface area contributed by atoms with Gasteiger partial charge in [0.05, 0.1) is 0 Å². The van der Waals surface area contributed by atoms with E-state index in [0.717, 1.165) is 44.8 Å². The second-order valence-corrected chi connectivity index (χ2v) is 5.94. The van der Waals surface area contributed by atoms with Crippen molar-refractivity contribution in [2.24, 2.45) is 5.92 Å². The molecule has 4 heteroatoms. The van der Waals surface area contributed by atoms with E-state index >= 15 is 0 Å². The van der Waals surface area contributed by atoms with Gasteiger partial charge in [-0.2, -0.15) is 11.8 Å². The number of amides is 2. The maximum atomic E-state index is 11.8. The van der Waals surface area contributed by atoms with Crippen LogP contribution in [0.2, 0.25) is 0 Å². The summed E-state index contributed by atoms with van der Waals surface area (Å²) >= 11 is 1.89. The molecular formula is C13H26N2OS. The maximum Gasteiger partial charge on any atom is 0.317 e. The first-order valence-electron chi connectivity index (χ1n) is 6.75. The lowest BCUT2D eigenvalue weighted by molar-refractivity contribution is 0.174. The first-order valence-corrected chi connectivity index (χ1v) is 8.15. The number of carbonyl (C=O) groups excluding carboxylic acids is 1. The van der Waals surface area contributed by atoms with E-state index < -0.39 is 0 Å². The van der Waals surface area contributed by atoms with Gasteiger partial charge in [-0.3, -0.25) is 0 Å². The second-order valence-electron chi connectivity index (χ2n) is 4.95. The fraction of sp³-hybridized carbons (Fsp3) is 0.923. The number of unbranched alkanes of at least 4 members (excludes halogenated alkanes) is 2. The van der Waals surface area contributed by atoms with Crippen molar-refractivity contribution in [2.75, 3.05) is 31.6 Å². The van der Waals surface area contributed by atoms with Crippen LogP contribution >= 0.6 is 11.8 Å². The molecule has 1 aliphatic heterocycles. The van der Waals surface area contributed by atoms with Crippen LogP contribution in [-0.4, -0.2) is 42.6 Å². The molecule has 1 saturated heterocycles. The van der Waals surface area contributed by atoms with E-state index in [2.05, 4.69) is 18.5 Å². The molecule has 0 atom stereocenters. The molecule has 1 rings (SSSR count). The van der Waals surface area contributed by atoms with Crippen molar-refractivity contribution >= 4 is 17.8 Å². The largest absolute Gasteiger partial charge is 0.338 e. The van der Waals surface area contributed by atoms with Crippen molar-refractivity contribution in [3.63, 3.8) is 0 Å². The Bertz CT molecular complexity index is 215. The van der Waals surface area contributed by atoms with E-state index in [9.17, 15) is 4.79 Å². The van der Waals surface area contributed by atoms with Crippen LogP contribution in [0.25, 0.3) is 0 Å². The summed E-state index contributed by atoms with van der Waals surface area (Å²) in [6, 6.07) is 0.141. The van der Waals surface area contributed by atoms with Gasteiger partial charge in [-0.15, -0.1) is 0 Å². The van der Waals surface area contributed by atoms with Gasteiger partial charge in [0.25, 0.3) is 0 Å². The van der Waals surface area contributed by atoms with Crippen molar-refractivity contribution in [1.29, 1.82) is 0 Å². The van der Waals surface area contributed by atoms with Gasteiger partial charge < -0.3 is 10.2 Å². The van der Waals surface area contributed by atoms with Gasteiger partial charge in [0.15, 0.2) is 0 Å². The summed E-state index contributed by atoms with van der Waals surface area (Å²) < 4.78 is 0. The zero-order valence-corrected chi connectivity index (χ0v) is 12.0. The third-order valence-corrected chi connectivity index (χ3v) is 4.07. The van der Waals surface area contributed by atoms with Gasteiger partial charge in [0, 0.05) is 19.6 Å². The number of piperidine rings is 1. The lowest BCUT2D eigenvalue weighted by atomic mass is 10.00. The molecule has 0 radical (unpaired) electrons. The zero-order valence-electron chi connectivity index (χ0n) is 11.2. The van der Waals surface area contributed by atoms with E-state index in [4.69, 9.17) is 0 Å². The van der Waals surface area contributed by atoms with E-state index in [0.29, 0.717) is 0 Å². The van der Waals surface area contributed by atoms with Crippen LogP contribution in [0.1, 0.15) is 39.0 Å². The van der Waals surface area contributed by atoms with E-state index in [1.807, 2.05) is 16.7 Å². The molecule has 17 heavy (non-hydrogen) atoms. The zero-order chi connectivity index (χ0) is 12.5. The van der Waals surface area contributed by atoms with Gasteiger partial charge in [0.1, 0.15) is 0 Å². The average Bonchev–Trinajstić information content (AvgIpc) is 2.34. The third kappa shape index (κ3) is 6.20. The Labute approximate surface area is 110 Å². The predicted molar refractivity (Wildman–Crippen MR) is 75.6 cm³/mol. The lowest BCUT2D eigenvalue weighted by Crippen LogP contribution is -2.44. The molecule has 100 valence electrons. The quantitative estimate of drug-likeness (QED) is 0.743. The fourth-order valence-corrected chi connectivity index (χ4v) is 2.56. The first-order chi connectivity index (χ1) is 8.24. The third-order valence-electron chi connectivity index (χ3n) is 3.37. The van der Waals surface area contributed by atoms with Crippen molar-refractivity contribution in [3.05, 3.63) is 0 Å². The maximum absolute atomic E-state index is 11.8. The molecule has 1 aliphatic rings. The Morgan fingerprint density at radius 2 is 2.00 bits per heavy atom. The number of rotatable bonds is 6. The summed E-state index contributed by atoms with van der Waals surface area (Å²) in [6.45, 7) is 4.96. The average molecular weight is 258 g/mol. The summed E-state index contributed by atoms with van der Waals surface area (Å²) in [5.74, 6) is 2.02. The molecule has 1 heterocycles. The SMILES string of the molecule is CSCCCCCNC(=O)N1CCC(C)CC1. The summed E-state index contributed by atoms with van der Waals surface area (Å²) in [6.07, 6.45) is 8.04. The molecule has 0 aromatic rings. The topological polar surface area (TPSA) is 32.3 Å². The standard InChI is InChI=1S/C13H26N2OS/c1-12-6-9-15(10-7-12)13(16)14-8-4-3-5-11-17-2/h12H,3-11H2,1-2H3,(H,14,16).